The highest BCUT2D eigenvalue weighted by atomic mass is 35.5. The van der Waals surface area contributed by atoms with Gasteiger partial charge in [-0.15, -0.1) is 0 Å². The minimum atomic E-state index is -0.0831. The predicted octanol–water partition coefficient (Wildman–Crippen LogP) is 3.90. The topological polar surface area (TPSA) is 69.7 Å². The van der Waals surface area contributed by atoms with E-state index in [0.717, 1.165) is 49.2 Å². The van der Waals surface area contributed by atoms with Gasteiger partial charge in [0.15, 0.2) is 0 Å². The minimum absolute atomic E-state index is 0.0372. The van der Waals surface area contributed by atoms with Crippen LogP contribution in [0.4, 0.5) is 0 Å². The van der Waals surface area contributed by atoms with E-state index in [9.17, 15) is 14.4 Å². The van der Waals surface area contributed by atoms with E-state index < -0.39 is 0 Å². The van der Waals surface area contributed by atoms with Crippen molar-refractivity contribution in [3.8, 4) is 0 Å². The number of hydrogen-bond acceptors (Lipinski definition) is 5. The normalized spacial score (nSPS) is 24.0. The van der Waals surface area contributed by atoms with E-state index in [4.69, 9.17) is 23.2 Å². The zero-order valence-corrected chi connectivity index (χ0v) is 19.7. The Bertz CT molecular complexity index is 882. The summed E-state index contributed by atoms with van der Waals surface area (Å²) in [6, 6.07) is 3.90. The number of rotatable bonds is 8. The third-order valence-electron chi connectivity index (χ3n) is 6.12. The van der Waals surface area contributed by atoms with Crippen molar-refractivity contribution in [2.24, 2.45) is 5.92 Å². The fourth-order valence-corrected chi connectivity index (χ4v) is 5.96. The lowest BCUT2D eigenvalue weighted by Crippen LogP contribution is -2.31. The highest BCUT2D eigenvalue weighted by molar-refractivity contribution is 7.97. The van der Waals surface area contributed by atoms with Crippen LogP contribution in [-0.2, 0) is 14.4 Å². The Morgan fingerprint density at radius 1 is 1.13 bits per heavy atom. The summed E-state index contributed by atoms with van der Waals surface area (Å²) in [7, 11) is 0. The summed E-state index contributed by atoms with van der Waals surface area (Å²) in [5.41, 5.74) is 0.911. The number of nitrogens with zero attached hydrogens (tertiary/aromatic N) is 2. The number of Topliss-reactive ketones (excluding diaryl/α,β-unsaturated/α-hetero) is 1. The molecule has 2 atom stereocenters. The molecule has 1 N–H and O–H groups in total. The van der Waals surface area contributed by atoms with Crippen LogP contribution >= 0.6 is 35.1 Å². The Kier molecular flexibility index (Phi) is 7.47. The molecule has 9 heteroatoms. The molecule has 1 aromatic carbocycles. The van der Waals surface area contributed by atoms with Crippen molar-refractivity contribution in [1.29, 1.82) is 0 Å². The molecule has 2 heterocycles. The quantitative estimate of drug-likeness (QED) is 0.448. The summed E-state index contributed by atoms with van der Waals surface area (Å²) >= 11 is 14.6. The van der Waals surface area contributed by atoms with Gasteiger partial charge in [-0.25, -0.2) is 4.31 Å². The van der Waals surface area contributed by atoms with Crippen LogP contribution in [-0.4, -0.2) is 59.5 Å². The fourth-order valence-electron chi connectivity index (χ4n) is 4.31. The van der Waals surface area contributed by atoms with Crippen LogP contribution in [0.25, 0.3) is 0 Å². The highest BCUT2D eigenvalue weighted by Crippen LogP contribution is 2.52. The third-order valence-corrected chi connectivity index (χ3v) is 8.24. The van der Waals surface area contributed by atoms with Crippen LogP contribution in [0.15, 0.2) is 17.0 Å². The third kappa shape index (κ3) is 5.56. The summed E-state index contributed by atoms with van der Waals surface area (Å²) in [6.45, 7) is 3.39. The van der Waals surface area contributed by atoms with Gasteiger partial charge in [-0.2, -0.15) is 0 Å². The van der Waals surface area contributed by atoms with Crippen molar-refractivity contribution in [1.82, 2.24) is 14.5 Å². The lowest BCUT2D eigenvalue weighted by atomic mass is 10.1. The highest BCUT2D eigenvalue weighted by Gasteiger charge is 2.45. The molecule has 2 amide bonds. The molecule has 0 aromatic heterocycles. The second-order valence-electron chi connectivity index (χ2n) is 8.46. The number of carbonyl (C=O) groups is 3. The first kappa shape index (κ1) is 22.9. The minimum Gasteiger partial charge on any atom is -0.356 e. The Hall–Kier alpha value is -1.28. The van der Waals surface area contributed by atoms with E-state index in [2.05, 4.69) is 5.32 Å². The number of hydrogen-bond donors (Lipinski definition) is 1. The fraction of sp³-hybridized carbons (Fsp3) is 0.591. The van der Waals surface area contributed by atoms with Gasteiger partial charge in [-0.05, 0) is 55.2 Å². The smallest absolute Gasteiger partial charge is 0.223 e. The number of piperidine rings is 1. The Balaban J connectivity index is 1.27. The number of nitrogens with one attached hydrogen (secondary N) is 1. The molecule has 31 heavy (non-hydrogen) atoms. The van der Waals surface area contributed by atoms with Crippen LogP contribution < -0.4 is 5.32 Å². The predicted molar refractivity (Wildman–Crippen MR) is 122 cm³/mol. The van der Waals surface area contributed by atoms with E-state index in [-0.39, 0.29) is 29.4 Å². The van der Waals surface area contributed by atoms with Gasteiger partial charge in [0, 0.05) is 49.8 Å². The molecule has 3 aliphatic rings. The number of halogens is 2. The largest absolute Gasteiger partial charge is 0.356 e. The Morgan fingerprint density at radius 3 is 2.68 bits per heavy atom. The van der Waals surface area contributed by atoms with Gasteiger partial charge in [0.2, 0.25) is 11.8 Å². The first-order chi connectivity index (χ1) is 14.9. The summed E-state index contributed by atoms with van der Waals surface area (Å²) in [4.78, 5) is 38.5. The van der Waals surface area contributed by atoms with Gasteiger partial charge < -0.3 is 10.2 Å². The molecule has 2 saturated heterocycles. The zero-order chi connectivity index (χ0) is 22.0. The molecule has 4 rings (SSSR count). The van der Waals surface area contributed by atoms with E-state index in [1.165, 1.54) is 11.9 Å². The maximum atomic E-state index is 12.5. The van der Waals surface area contributed by atoms with Crippen LogP contribution in [0, 0.1) is 5.92 Å². The first-order valence-electron chi connectivity index (χ1n) is 10.9. The van der Waals surface area contributed by atoms with Gasteiger partial charge in [0.1, 0.15) is 5.78 Å². The molecular weight excluding hydrogens is 457 g/mol. The van der Waals surface area contributed by atoms with Crippen molar-refractivity contribution < 1.29 is 14.4 Å². The van der Waals surface area contributed by atoms with Gasteiger partial charge in [-0.3, -0.25) is 14.4 Å². The maximum absolute atomic E-state index is 12.5. The van der Waals surface area contributed by atoms with E-state index >= 15 is 0 Å². The zero-order valence-electron chi connectivity index (χ0n) is 17.4. The van der Waals surface area contributed by atoms with Gasteiger partial charge in [0.25, 0.3) is 0 Å². The van der Waals surface area contributed by atoms with Gasteiger partial charge in [0.05, 0.1) is 16.6 Å². The number of benzene rings is 1. The average Bonchev–Trinajstić information content (AvgIpc) is 3.43. The molecule has 0 radical (unpaired) electrons. The SMILES string of the molecule is O=C1CCCN(Sc2ccc(C3CC3C(=O)NCCCN3CCCC3=O)c(Cl)c2Cl)C1. The van der Waals surface area contributed by atoms with Crippen molar-refractivity contribution in [3.05, 3.63) is 27.7 Å². The number of amides is 2. The monoisotopic (exact) mass is 483 g/mol. The van der Waals surface area contributed by atoms with Gasteiger partial charge in [-0.1, -0.05) is 29.3 Å². The Morgan fingerprint density at radius 2 is 1.94 bits per heavy atom. The summed E-state index contributed by atoms with van der Waals surface area (Å²) in [5.74, 6) is 0.501. The van der Waals surface area contributed by atoms with E-state index in [0.29, 0.717) is 42.5 Å². The van der Waals surface area contributed by atoms with Gasteiger partial charge >= 0.3 is 0 Å². The van der Waals surface area contributed by atoms with E-state index in [1.54, 1.807) is 0 Å². The van der Waals surface area contributed by atoms with Crippen molar-refractivity contribution in [3.63, 3.8) is 0 Å². The molecule has 3 fully saturated rings. The summed E-state index contributed by atoms with van der Waals surface area (Å²) < 4.78 is 2.02. The lowest BCUT2D eigenvalue weighted by Gasteiger charge is -2.24. The molecule has 2 aliphatic heterocycles. The van der Waals surface area contributed by atoms with Crippen molar-refractivity contribution in [2.45, 2.75) is 49.3 Å². The number of carbonyl (C=O) groups excluding carboxylic acids is 3. The number of likely N-dealkylation sites (tertiary alicyclic amines) is 1. The Labute approximate surface area is 197 Å². The molecule has 0 spiro atoms. The maximum Gasteiger partial charge on any atom is 0.223 e. The molecule has 168 valence electrons. The molecule has 1 saturated carbocycles. The average molecular weight is 484 g/mol. The van der Waals surface area contributed by atoms with Crippen LogP contribution in [0.3, 0.4) is 0 Å². The standard InChI is InChI=1S/C22H27Cl2N3O3S/c23-20-15(6-7-18(21(20)24)31-27-11-1-4-14(28)13-27)16-12-17(16)22(30)25-8-3-10-26-9-2-5-19(26)29/h6-7,16-17H,1-5,8-13H2,(H,25,30). The molecular formula is C22H27Cl2N3O3S. The van der Waals surface area contributed by atoms with Crippen molar-refractivity contribution in [2.75, 3.05) is 32.7 Å². The summed E-state index contributed by atoms with van der Waals surface area (Å²) in [6.07, 6.45) is 4.62. The van der Waals surface area contributed by atoms with Crippen LogP contribution in [0.2, 0.25) is 10.0 Å². The van der Waals surface area contributed by atoms with Crippen molar-refractivity contribution >= 4 is 52.7 Å². The second-order valence-corrected chi connectivity index (χ2v) is 10.4. The molecule has 1 aromatic rings. The van der Waals surface area contributed by atoms with E-state index in [1.807, 2.05) is 21.3 Å². The second kappa shape index (κ2) is 10.1. The number of ketones is 1. The lowest BCUT2D eigenvalue weighted by molar-refractivity contribution is -0.127. The first-order valence-corrected chi connectivity index (χ1v) is 12.4. The molecule has 1 aliphatic carbocycles. The molecule has 0 bridgehead atoms. The van der Waals surface area contributed by atoms with Crippen LogP contribution in [0.1, 0.15) is 50.0 Å². The van der Waals surface area contributed by atoms with Crippen LogP contribution in [0.5, 0.6) is 0 Å². The molecule has 6 nitrogen and oxygen atoms in total. The molecule has 2 unspecified atom stereocenters. The summed E-state index contributed by atoms with van der Waals surface area (Å²) in [5, 5.41) is 3.98.